The van der Waals surface area contributed by atoms with E-state index in [1.54, 1.807) is 6.92 Å². The van der Waals surface area contributed by atoms with Gasteiger partial charge in [0.05, 0.1) is 12.3 Å². The monoisotopic (exact) mass is 556 g/mol. The number of fused-ring (bicyclic) bond motifs is 7. The van der Waals surface area contributed by atoms with Gasteiger partial charge in [-0.05, 0) is 91.3 Å². The second-order valence-corrected chi connectivity index (χ2v) is 17.8. The molecule has 0 radical (unpaired) electrons. The molecular formula is C32H48N2O4S. The van der Waals surface area contributed by atoms with Gasteiger partial charge < -0.3 is 4.79 Å². The Morgan fingerprint density at radius 1 is 0.949 bits per heavy atom. The molecule has 7 heteroatoms. The Morgan fingerprint density at radius 2 is 1.59 bits per heavy atom. The number of carbonyl (C=O) groups is 2. The predicted molar refractivity (Wildman–Crippen MR) is 153 cm³/mol. The summed E-state index contributed by atoms with van der Waals surface area (Å²) >= 11 is 0. The number of nitrogens with one attached hydrogen (secondary N) is 1. The zero-order valence-corrected chi connectivity index (χ0v) is 26.1. The quantitative estimate of drug-likeness (QED) is 0.412. The number of carbonyl (C=O) groups excluding carboxylic acids is 2. The van der Waals surface area contributed by atoms with E-state index >= 15 is 0 Å². The number of sulfonamides is 1. The molecule has 0 aromatic rings. The third-order valence-corrected chi connectivity index (χ3v) is 14.7. The minimum absolute atomic E-state index is 0.0316. The summed E-state index contributed by atoms with van der Waals surface area (Å²) in [5, 5.41) is 0. The van der Waals surface area contributed by atoms with Crippen molar-refractivity contribution >= 4 is 21.6 Å². The standard InChI is InChI=1S/C32H48N2O4S/c1-10-39(37,38)34-32-15-13-27(2,3)18-20(32)25-22(35)17-24-29(6)19-21(33-9)26(36)28(4,5)23(29)11-12-30(24,7)31(25,8)14-16-32/h19-20,23-25,34H,10-18H2,1-8H3/t20-,23-,24+,25-,29-,30+,31+,32-/m0/s1. The van der Waals surface area contributed by atoms with Crippen LogP contribution >= 0.6 is 0 Å². The third-order valence-electron chi connectivity index (χ3n) is 13.2. The van der Waals surface area contributed by atoms with E-state index < -0.39 is 26.4 Å². The molecule has 5 aliphatic carbocycles. The molecule has 0 heterocycles. The maximum Gasteiger partial charge on any atom is 0.226 e. The maximum atomic E-state index is 14.5. The van der Waals surface area contributed by atoms with Gasteiger partial charge >= 0.3 is 0 Å². The molecule has 4 fully saturated rings. The molecule has 39 heavy (non-hydrogen) atoms. The van der Waals surface area contributed by atoms with E-state index in [4.69, 9.17) is 6.57 Å². The van der Waals surface area contributed by atoms with E-state index in [0.717, 1.165) is 44.9 Å². The normalized spacial score (nSPS) is 46.6. The number of ketones is 2. The fourth-order valence-electron chi connectivity index (χ4n) is 10.8. The van der Waals surface area contributed by atoms with E-state index in [1.165, 1.54) is 0 Å². The van der Waals surface area contributed by atoms with E-state index in [0.29, 0.717) is 6.42 Å². The van der Waals surface area contributed by atoms with Gasteiger partial charge in [0.15, 0.2) is 5.78 Å². The van der Waals surface area contributed by atoms with Crippen molar-refractivity contribution in [2.45, 2.75) is 112 Å². The summed E-state index contributed by atoms with van der Waals surface area (Å²) in [6.07, 6.45) is 8.34. The molecule has 0 saturated heterocycles. The lowest BCUT2D eigenvalue weighted by atomic mass is 9.32. The summed E-state index contributed by atoms with van der Waals surface area (Å²) in [5.41, 5.74) is -1.78. The number of hydrogen-bond acceptors (Lipinski definition) is 4. The fourth-order valence-corrected chi connectivity index (χ4v) is 12.0. The number of hydrogen-bond donors (Lipinski definition) is 1. The zero-order chi connectivity index (χ0) is 29.0. The van der Waals surface area contributed by atoms with Crippen molar-refractivity contribution in [3.63, 3.8) is 0 Å². The van der Waals surface area contributed by atoms with E-state index in [9.17, 15) is 18.0 Å². The summed E-state index contributed by atoms with van der Waals surface area (Å²) in [5.74, 6) is 0.136. The average Bonchev–Trinajstić information content (AvgIpc) is 2.83. The number of rotatable bonds is 3. The maximum absolute atomic E-state index is 14.5. The van der Waals surface area contributed by atoms with Crippen molar-refractivity contribution in [1.29, 1.82) is 0 Å². The van der Waals surface area contributed by atoms with Gasteiger partial charge in [0.2, 0.25) is 15.7 Å². The van der Waals surface area contributed by atoms with Crippen molar-refractivity contribution in [1.82, 2.24) is 4.72 Å². The van der Waals surface area contributed by atoms with E-state index in [-0.39, 0.29) is 62.9 Å². The van der Waals surface area contributed by atoms with E-state index in [1.807, 2.05) is 19.9 Å². The zero-order valence-electron chi connectivity index (χ0n) is 25.2. The first-order chi connectivity index (χ1) is 17.8. The molecule has 4 saturated carbocycles. The first-order valence-corrected chi connectivity index (χ1v) is 16.7. The summed E-state index contributed by atoms with van der Waals surface area (Å²) in [6, 6.07) is 0. The Balaban J connectivity index is 1.63. The van der Waals surface area contributed by atoms with Gasteiger partial charge in [-0.15, -0.1) is 0 Å². The van der Waals surface area contributed by atoms with Crippen LogP contribution in [0.15, 0.2) is 11.8 Å². The molecule has 0 bridgehead atoms. The molecule has 6 nitrogen and oxygen atoms in total. The molecule has 8 atom stereocenters. The Morgan fingerprint density at radius 3 is 2.21 bits per heavy atom. The minimum atomic E-state index is -3.43. The Bertz CT molecular complexity index is 1290. The Labute approximate surface area is 236 Å². The summed E-state index contributed by atoms with van der Waals surface area (Å²) < 4.78 is 29.1. The molecule has 0 aliphatic heterocycles. The third kappa shape index (κ3) is 3.83. The topological polar surface area (TPSA) is 84.7 Å². The molecule has 5 aliphatic rings. The van der Waals surface area contributed by atoms with Crippen LogP contribution in [0.3, 0.4) is 0 Å². The molecular weight excluding hydrogens is 508 g/mol. The van der Waals surface area contributed by atoms with Crippen LogP contribution in [-0.4, -0.2) is 31.3 Å². The molecule has 216 valence electrons. The molecule has 1 N–H and O–H groups in total. The number of Topliss-reactive ketones (excluding diaryl/α,β-unsaturated/α-hetero) is 2. The highest BCUT2D eigenvalue weighted by atomic mass is 32.2. The first kappa shape index (κ1) is 29.0. The Hall–Kier alpha value is -1.52. The SMILES string of the molecule is [C-]#[N+]C1=C[C@]2(C)[C@H]3CC(=O)[C@@H]4[C@@H]5CC(C)(C)CC[C@]5(NS(=O)(=O)CC)CC[C@@]4(C)[C@]3(C)CC[C@H]2C(C)(C)C1=O. The molecule has 5 rings (SSSR count). The molecule has 0 aromatic heterocycles. The lowest BCUT2D eigenvalue weighted by Gasteiger charge is -2.72. The lowest BCUT2D eigenvalue weighted by Crippen LogP contribution is -2.72. The predicted octanol–water partition coefficient (Wildman–Crippen LogP) is 6.33. The van der Waals surface area contributed by atoms with Crippen LogP contribution in [0.2, 0.25) is 0 Å². The van der Waals surface area contributed by atoms with Crippen molar-refractivity contribution in [3.8, 4) is 0 Å². The minimum Gasteiger partial charge on any atom is -0.307 e. The van der Waals surface area contributed by atoms with Gasteiger partial charge in [-0.3, -0.25) is 4.79 Å². The fraction of sp³-hybridized carbons (Fsp3) is 0.844. The van der Waals surface area contributed by atoms with Crippen molar-refractivity contribution < 1.29 is 18.0 Å². The van der Waals surface area contributed by atoms with Crippen molar-refractivity contribution in [2.75, 3.05) is 5.75 Å². The largest absolute Gasteiger partial charge is 0.307 e. The van der Waals surface area contributed by atoms with Crippen LogP contribution < -0.4 is 4.72 Å². The van der Waals surface area contributed by atoms with Crippen LogP contribution in [-0.2, 0) is 19.6 Å². The smallest absolute Gasteiger partial charge is 0.226 e. The summed E-state index contributed by atoms with van der Waals surface area (Å²) in [4.78, 5) is 31.5. The van der Waals surface area contributed by atoms with Crippen LogP contribution in [0.25, 0.3) is 4.85 Å². The Kier molecular flexibility index (Phi) is 6.32. The van der Waals surface area contributed by atoms with E-state index in [2.05, 4.69) is 44.2 Å². The molecule has 0 spiro atoms. The van der Waals surface area contributed by atoms with Crippen LogP contribution in [0, 0.1) is 57.3 Å². The second-order valence-electron chi connectivity index (χ2n) is 15.8. The lowest BCUT2D eigenvalue weighted by molar-refractivity contribution is -0.214. The highest BCUT2D eigenvalue weighted by molar-refractivity contribution is 7.89. The number of nitrogens with zero attached hydrogens (tertiary/aromatic N) is 1. The highest BCUT2D eigenvalue weighted by Crippen LogP contribution is 2.74. The van der Waals surface area contributed by atoms with Gasteiger partial charge in [-0.2, -0.15) is 0 Å². The van der Waals surface area contributed by atoms with Gasteiger partial charge in [0.25, 0.3) is 0 Å². The summed E-state index contributed by atoms with van der Waals surface area (Å²) in [6.45, 7) is 24.9. The number of allylic oxidation sites excluding steroid dienone is 2. The van der Waals surface area contributed by atoms with Gasteiger partial charge in [-0.1, -0.05) is 54.5 Å². The first-order valence-electron chi connectivity index (χ1n) is 15.0. The van der Waals surface area contributed by atoms with Crippen LogP contribution in [0.5, 0.6) is 0 Å². The van der Waals surface area contributed by atoms with Crippen LogP contribution in [0.1, 0.15) is 107 Å². The van der Waals surface area contributed by atoms with Gasteiger partial charge in [0.1, 0.15) is 5.78 Å². The summed E-state index contributed by atoms with van der Waals surface area (Å²) in [7, 11) is -3.43. The molecule has 0 aromatic carbocycles. The van der Waals surface area contributed by atoms with Gasteiger partial charge in [-0.25, -0.2) is 18.0 Å². The second kappa shape index (κ2) is 8.51. The average molecular weight is 557 g/mol. The highest BCUT2D eigenvalue weighted by Gasteiger charge is 2.72. The van der Waals surface area contributed by atoms with Crippen molar-refractivity contribution in [2.24, 2.45) is 50.7 Å². The van der Waals surface area contributed by atoms with Crippen LogP contribution in [0.4, 0.5) is 0 Å². The van der Waals surface area contributed by atoms with Gasteiger partial charge in [0, 0.05) is 23.3 Å². The van der Waals surface area contributed by atoms with Crippen molar-refractivity contribution in [3.05, 3.63) is 23.2 Å². The molecule has 0 amide bonds. The molecule has 0 unspecified atom stereocenters.